The third kappa shape index (κ3) is 4.27. The third-order valence-electron chi connectivity index (χ3n) is 3.88. The average Bonchev–Trinajstić information content (AvgIpc) is 2.75. The number of hydrogen-bond acceptors (Lipinski definition) is 3. The molecule has 114 valence electrons. The van der Waals surface area contributed by atoms with Crippen LogP contribution in [0.25, 0.3) is 0 Å². The Morgan fingerprint density at radius 3 is 2.52 bits per heavy atom. The van der Waals surface area contributed by atoms with Crippen molar-refractivity contribution in [3.63, 3.8) is 0 Å². The number of hydrogen-bond donors (Lipinski definition) is 1. The zero-order valence-corrected chi connectivity index (χ0v) is 13.4. The first-order chi connectivity index (χ1) is 10.1. The minimum Gasteiger partial charge on any atom is -0.349 e. The van der Waals surface area contributed by atoms with Crippen molar-refractivity contribution in [3.8, 4) is 0 Å². The van der Waals surface area contributed by atoms with Crippen LogP contribution in [0, 0.1) is 10.1 Å². The fourth-order valence-electron chi connectivity index (χ4n) is 2.68. The van der Waals surface area contributed by atoms with E-state index in [0.717, 1.165) is 25.7 Å². The summed E-state index contributed by atoms with van der Waals surface area (Å²) in [6.45, 7) is 0. The fourth-order valence-corrected chi connectivity index (χ4v) is 3.15. The van der Waals surface area contributed by atoms with Crippen molar-refractivity contribution in [2.45, 2.75) is 49.9 Å². The van der Waals surface area contributed by atoms with Gasteiger partial charge in [0, 0.05) is 28.6 Å². The summed E-state index contributed by atoms with van der Waals surface area (Å²) in [4.78, 5) is 22.9. The molecule has 1 fully saturated rings. The van der Waals surface area contributed by atoms with Gasteiger partial charge in [0.15, 0.2) is 0 Å². The van der Waals surface area contributed by atoms with Gasteiger partial charge >= 0.3 is 0 Å². The smallest absolute Gasteiger partial charge is 0.274 e. The van der Waals surface area contributed by atoms with Crippen molar-refractivity contribution in [1.29, 1.82) is 0 Å². The molecule has 0 unspecified atom stereocenters. The maximum Gasteiger partial charge on any atom is 0.274 e. The molecule has 0 saturated heterocycles. The molecule has 1 aromatic carbocycles. The number of benzene rings is 1. The first-order valence-corrected chi connectivity index (χ1v) is 8.38. The largest absolute Gasteiger partial charge is 0.349 e. The monoisotopic (exact) mass is 354 g/mol. The number of nitro groups is 1. The van der Waals surface area contributed by atoms with Crippen molar-refractivity contribution in [2.24, 2.45) is 0 Å². The van der Waals surface area contributed by atoms with Crippen LogP contribution in [0.2, 0.25) is 0 Å². The van der Waals surface area contributed by atoms with Crippen molar-refractivity contribution < 1.29 is 9.72 Å². The normalized spacial score (nSPS) is 16.2. The van der Waals surface area contributed by atoms with Gasteiger partial charge in [-0.25, -0.2) is 0 Å². The van der Waals surface area contributed by atoms with E-state index in [4.69, 9.17) is 0 Å². The van der Waals surface area contributed by atoms with Gasteiger partial charge in [-0.05, 0) is 18.9 Å². The van der Waals surface area contributed by atoms with E-state index in [-0.39, 0.29) is 17.6 Å². The molecule has 2 rings (SSSR count). The number of rotatable bonds is 4. The summed E-state index contributed by atoms with van der Waals surface area (Å²) in [7, 11) is 0. The molecule has 1 saturated carbocycles. The first-order valence-electron chi connectivity index (χ1n) is 7.26. The molecule has 6 heteroatoms. The summed E-state index contributed by atoms with van der Waals surface area (Å²) >= 11 is 3.22. The summed E-state index contributed by atoms with van der Waals surface area (Å²) in [5.74, 6) is -0.217. The first kappa shape index (κ1) is 15.9. The number of carbonyl (C=O) groups excluding carboxylic acids is 1. The highest BCUT2D eigenvalue weighted by Crippen LogP contribution is 2.23. The molecule has 0 aliphatic heterocycles. The maximum absolute atomic E-state index is 12.3. The molecule has 0 radical (unpaired) electrons. The van der Waals surface area contributed by atoms with Crippen LogP contribution in [0.15, 0.2) is 18.2 Å². The zero-order chi connectivity index (χ0) is 15.2. The van der Waals surface area contributed by atoms with Crippen molar-refractivity contribution in [2.75, 3.05) is 0 Å². The topological polar surface area (TPSA) is 72.2 Å². The van der Waals surface area contributed by atoms with E-state index in [1.54, 1.807) is 12.1 Å². The molecule has 5 nitrogen and oxygen atoms in total. The standard InChI is InChI=1S/C15H19BrN2O3/c16-10-12-8-7-11(9-14(12)18(20)21)15(19)17-13-5-3-1-2-4-6-13/h7-9,13H,1-6,10H2,(H,17,19). The van der Waals surface area contributed by atoms with Crippen LogP contribution >= 0.6 is 15.9 Å². The Hall–Kier alpha value is -1.43. The van der Waals surface area contributed by atoms with E-state index in [2.05, 4.69) is 21.2 Å². The minimum absolute atomic E-state index is 0.0135. The molecule has 0 heterocycles. The number of nitrogens with zero attached hydrogens (tertiary/aromatic N) is 1. The van der Waals surface area contributed by atoms with E-state index < -0.39 is 4.92 Å². The summed E-state index contributed by atoms with van der Waals surface area (Å²) in [5, 5.41) is 14.4. The van der Waals surface area contributed by atoms with Crippen molar-refractivity contribution in [1.82, 2.24) is 5.32 Å². The Morgan fingerprint density at radius 1 is 1.29 bits per heavy atom. The van der Waals surface area contributed by atoms with Gasteiger partial charge in [0.25, 0.3) is 11.6 Å². The Labute approximate surface area is 132 Å². The molecule has 0 atom stereocenters. The maximum atomic E-state index is 12.3. The van der Waals surface area contributed by atoms with Crippen LogP contribution in [-0.4, -0.2) is 16.9 Å². The summed E-state index contributed by atoms with van der Waals surface area (Å²) < 4.78 is 0. The predicted molar refractivity (Wildman–Crippen MR) is 84.7 cm³/mol. The van der Waals surface area contributed by atoms with Crippen LogP contribution < -0.4 is 5.32 Å². The summed E-state index contributed by atoms with van der Waals surface area (Å²) in [6, 6.07) is 4.84. The van der Waals surface area contributed by atoms with Crippen LogP contribution in [0.5, 0.6) is 0 Å². The highest BCUT2D eigenvalue weighted by Gasteiger charge is 2.19. The van der Waals surface area contributed by atoms with E-state index in [9.17, 15) is 14.9 Å². The van der Waals surface area contributed by atoms with Gasteiger partial charge in [-0.3, -0.25) is 14.9 Å². The second kappa shape index (κ2) is 7.54. The molecule has 0 aromatic heterocycles. The number of carbonyl (C=O) groups is 1. The zero-order valence-electron chi connectivity index (χ0n) is 11.8. The molecule has 1 aliphatic rings. The molecule has 1 aliphatic carbocycles. The van der Waals surface area contributed by atoms with E-state index in [1.165, 1.54) is 18.9 Å². The molecule has 0 bridgehead atoms. The SMILES string of the molecule is O=C(NC1CCCCCC1)c1ccc(CBr)c([N+](=O)[O-])c1. The van der Waals surface area contributed by atoms with Crippen LogP contribution in [0.4, 0.5) is 5.69 Å². The lowest BCUT2D eigenvalue weighted by atomic mass is 10.1. The lowest BCUT2D eigenvalue weighted by molar-refractivity contribution is -0.385. The Balaban J connectivity index is 2.11. The highest BCUT2D eigenvalue weighted by molar-refractivity contribution is 9.08. The van der Waals surface area contributed by atoms with Crippen molar-refractivity contribution >= 4 is 27.5 Å². The lowest BCUT2D eigenvalue weighted by Gasteiger charge is -2.16. The van der Waals surface area contributed by atoms with Gasteiger partial charge in [0.05, 0.1) is 4.92 Å². The van der Waals surface area contributed by atoms with Crippen LogP contribution in [-0.2, 0) is 5.33 Å². The Kier molecular flexibility index (Phi) is 5.73. The molecular formula is C15H19BrN2O3. The molecule has 0 spiro atoms. The molecule has 1 N–H and O–H groups in total. The third-order valence-corrected chi connectivity index (χ3v) is 4.48. The number of nitro benzene ring substituents is 1. The molecule has 21 heavy (non-hydrogen) atoms. The van der Waals surface area contributed by atoms with Gasteiger partial charge in [0.1, 0.15) is 0 Å². The van der Waals surface area contributed by atoms with Gasteiger partial charge in [-0.1, -0.05) is 47.7 Å². The van der Waals surface area contributed by atoms with Crippen LogP contribution in [0.3, 0.4) is 0 Å². The quantitative estimate of drug-likeness (QED) is 0.385. The summed E-state index contributed by atoms with van der Waals surface area (Å²) in [6.07, 6.45) is 6.69. The Bertz CT molecular complexity index is 526. The van der Waals surface area contributed by atoms with E-state index in [0.29, 0.717) is 16.5 Å². The number of halogens is 1. The predicted octanol–water partition coefficient (Wildman–Crippen LogP) is 3.94. The number of nitrogens with one attached hydrogen (secondary N) is 1. The van der Waals surface area contributed by atoms with Gasteiger partial charge in [0.2, 0.25) is 0 Å². The molecular weight excluding hydrogens is 336 g/mol. The van der Waals surface area contributed by atoms with Crippen molar-refractivity contribution in [3.05, 3.63) is 39.4 Å². The average molecular weight is 355 g/mol. The lowest BCUT2D eigenvalue weighted by Crippen LogP contribution is -2.34. The number of alkyl halides is 1. The molecule has 1 amide bonds. The highest BCUT2D eigenvalue weighted by atomic mass is 79.9. The second-order valence-corrected chi connectivity index (χ2v) is 5.96. The molecule has 1 aromatic rings. The van der Waals surface area contributed by atoms with E-state index in [1.807, 2.05) is 0 Å². The van der Waals surface area contributed by atoms with Crippen LogP contribution in [0.1, 0.15) is 54.4 Å². The fraction of sp³-hybridized carbons (Fsp3) is 0.533. The minimum atomic E-state index is -0.445. The second-order valence-electron chi connectivity index (χ2n) is 5.40. The van der Waals surface area contributed by atoms with E-state index >= 15 is 0 Å². The number of amides is 1. The van der Waals surface area contributed by atoms with Gasteiger partial charge in [-0.15, -0.1) is 0 Å². The summed E-state index contributed by atoms with van der Waals surface area (Å²) in [5.41, 5.74) is 0.919. The Morgan fingerprint density at radius 2 is 1.95 bits per heavy atom. The van der Waals surface area contributed by atoms with Gasteiger partial charge < -0.3 is 5.32 Å². The van der Waals surface area contributed by atoms with Gasteiger partial charge in [-0.2, -0.15) is 0 Å².